The minimum atomic E-state index is -1.01. The number of rotatable bonds is 9. The molecule has 7 nitrogen and oxygen atoms in total. The number of carboxylic acid groups (broad SMARTS) is 1. The van der Waals surface area contributed by atoms with Crippen LogP contribution < -0.4 is 14.2 Å². The van der Waals surface area contributed by atoms with Crippen LogP contribution in [0.2, 0.25) is 0 Å². The van der Waals surface area contributed by atoms with Crippen molar-refractivity contribution in [1.29, 1.82) is 0 Å². The molecule has 1 fully saturated rings. The maximum Gasteiger partial charge on any atom is 0.323 e. The minimum Gasteiger partial charge on any atom is -0.493 e. The van der Waals surface area contributed by atoms with Crippen molar-refractivity contribution in [3.05, 3.63) is 17.7 Å². The molecule has 0 aromatic heterocycles. The molecule has 1 aliphatic rings. The molecule has 0 radical (unpaired) electrons. The van der Waals surface area contributed by atoms with Crippen molar-refractivity contribution >= 4 is 11.9 Å². The Morgan fingerprint density at radius 3 is 2.12 bits per heavy atom. The van der Waals surface area contributed by atoms with Gasteiger partial charge in [-0.3, -0.25) is 9.59 Å². The summed E-state index contributed by atoms with van der Waals surface area (Å²) in [6.07, 6.45) is 2.18. The third-order valence-corrected chi connectivity index (χ3v) is 3.93. The van der Waals surface area contributed by atoms with Gasteiger partial charge in [-0.1, -0.05) is 0 Å². The van der Waals surface area contributed by atoms with Gasteiger partial charge in [-0.25, -0.2) is 0 Å². The van der Waals surface area contributed by atoms with E-state index in [0.717, 1.165) is 12.8 Å². The van der Waals surface area contributed by atoms with Crippen LogP contribution >= 0.6 is 0 Å². The SMILES string of the molecule is COc1cc(CC(=O)N(CC(=O)O)CC2CC2)cc(OC)c1OC. The Balaban J connectivity index is 2.17. The first-order valence-electron chi connectivity index (χ1n) is 7.77. The number of aliphatic carboxylic acids is 1. The van der Waals surface area contributed by atoms with Crippen molar-refractivity contribution < 1.29 is 28.9 Å². The zero-order chi connectivity index (χ0) is 17.7. The van der Waals surface area contributed by atoms with Crippen LogP contribution in [0.4, 0.5) is 0 Å². The van der Waals surface area contributed by atoms with Gasteiger partial charge in [0, 0.05) is 6.54 Å². The highest BCUT2D eigenvalue weighted by Crippen LogP contribution is 2.38. The van der Waals surface area contributed by atoms with Gasteiger partial charge in [-0.2, -0.15) is 0 Å². The number of carbonyl (C=O) groups is 2. The number of carbonyl (C=O) groups excluding carboxylic acids is 1. The average molecular weight is 337 g/mol. The van der Waals surface area contributed by atoms with Gasteiger partial charge in [-0.15, -0.1) is 0 Å². The second-order valence-corrected chi connectivity index (χ2v) is 5.82. The minimum absolute atomic E-state index is 0.0801. The van der Waals surface area contributed by atoms with Crippen LogP contribution in [0.1, 0.15) is 18.4 Å². The second-order valence-electron chi connectivity index (χ2n) is 5.82. The van der Waals surface area contributed by atoms with Crippen LogP contribution in [0, 0.1) is 5.92 Å². The lowest BCUT2D eigenvalue weighted by Crippen LogP contribution is -2.38. The van der Waals surface area contributed by atoms with E-state index >= 15 is 0 Å². The Morgan fingerprint density at radius 2 is 1.71 bits per heavy atom. The number of ether oxygens (including phenoxy) is 3. The number of amides is 1. The Labute approximate surface area is 141 Å². The lowest BCUT2D eigenvalue weighted by atomic mass is 10.1. The van der Waals surface area contributed by atoms with E-state index in [1.54, 1.807) is 12.1 Å². The average Bonchev–Trinajstić information content (AvgIpc) is 3.36. The Hall–Kier alpha value is -2.44. The van der Waals surface area contributed by atoms with Crippen LogP contribution in [0.5, 0.6) is 17.2 Å². The molecule has 1 amide bonds. The predicted octanol–water partition coefficient (Wildman–Crippen LogP) is 1.58. The van der Waals surface area contributed by atoms with Gasteiger partial charge in [0.1, 0.15) is 6.54 Å². The van der Waals surface area contributed by atoms with Crippen molar-refractivity contribution in [2.24, 2.45) is 5.92 Å². The van der Waals surface area contributed by atoms with Crippen molar-refractivity contribution in [2.45, 2.75) is 19.3 Å². The number of benzene rings is 1. The Bertz CT molecular complexity index is 586. The molecule has 0 unspecified atom stereocenters. The van der Waals surface area contributed by atoms with E-state index in [1.807, 2.05) is 0 Å². The summed E-state index contributed by atoms with van der Waals surface area (Å²) in [5.41, 5.74) is 0.681. The Kier molecular flexibility index (Phi) is 5.89. The lowest BCUT2D eigenvalue weighted by Gasteiger charge is -2.21. The number of hydrogen-bond donors (Lipinski definition) is 1. The molecule has 0 atom stereocenters. The molecule has 0 aliphatic heterocycles. The van der Waals surface area contributed by atoms with Crippen molar-refractivity contribution in [3.8, 4) is 17.2 Å². The standard InChI is InChI=1S/C17H23NO6/c1-22-13-6-12(7-14(23-2)17(13)24-3)8-15(19)18(10-16(20)21)9-11-4-5-11/h6-7,11H,4-5,8-10H2,1-3H3,(H,20,21). The molecule has 0 heterocycles. The summed E-state index contributed by atoms with van der Waals surface area (Å²) < 4.78 is 15.8. The summed E-state index contributed by atoms with van der Waals surface area (Å²) in [5.74, 6) is 0.579. The molecule has 24 heavy (non-hydrogen) atoms. The number of methoxy groups -OCH3 is 3. The molecule has 0 saturated heterocycles. The normalized spacial score (nSPS) is 13.3. The summed E-state index contributed by atoms with van der Waals surface area (Å²) in [6.45, 7) is 0.218. The number of nitrogens with zero attached hydrogens (tertiary/aromatic N) is 1. The quantitative estimate of drug-likeness (QED) is 0.736. The summed E-state index contributed by atoms with van der Waals surface area (Å²) in [6, 6.07) is 3.41. The zero-order valence-electron chi connectivity index (χ0n) is 14.2. The summed E-state index contributed by atoms with van der Waals surface area (Å²) >= 11 is 0. The first-order chi connectivity index (χ1) is 11.5. The van der Waals surface area contributed by atoms with E-state index in [4.69, 9.17) is 19.3 Å². The molecule has 7 heteroatoms. The molecular formula is C17H23NO6. The van der Waals surface area contributed by atoms with Gasteiger partial charge >= 0.3 is 5.97 Å². The van der Waals surface area contributed by atoms with Gasteiger partial charge in [0.25, 0.3) is 0 Å². The van der Waals surface area contributed by atoms with Crippen molar-refractivity contribution in [2.75, 3.05) is 34.4 Å². The topological polar surface area (TPSA) is 85.3 Å². The second kappa shape index (κ2) is 7.90. The lowest BCUT2D eigenvalue weighted by molar-refractivity contribution is -0.144. The van der Waals surface area contributed by atoms with Gasteiger partial charge < -0.3 is 24.2 Å². The van der Waals surface area contributed by atoms with Crippen LogP contribution in [-0.2, 0) is 16.0 Å². The van der Waals surface area contributed by atoms with Crippen molar-refractivity contribution in [3.63, 3.8) is 0 Å². The molecular weight excluding hydrogens is 314 g/mol. The highest BCUT2D eigenvalue weighted by Gasteiger charge is 2.28. The monoisotopic (exact) mass is 337 g/mol. The number of hydrogen-bond acceptors (Lipinski definition) is 5. The largest absolute Gasteiger partial charge is 0.493 e. The zero-order valence-corrected chi connectivity index (χ0v) is 14.2. The molecule has 1 aliphatic carbocycles. The fourth-order valence-electron chi connectivity index (χ4n) is 2.55. The summed E-state index contributed by atoms with van der Waals surface area (Å²) in [5, 5.41) is 9.01. The van der Waals surface area contributed by atoms with E-state index in [-0.39, 0.29) is 18.9 Å². The van der Waals surface area contributed by atoms with E-state index < -0.39 is 5.97 Å². The molecule has 0 bridgehead atoms. The van der Waals surface area contributed by atoms with E-state index in [1.165, 1.54) is 26.2 Å². The number of carboxylic acids is 1. The maximum atomic E-state index is 12.5. The predicted molar refractivity (Wildman–Crippen MR) is 86.7 cm³/mol. The van der Waals surface area contributed by atoms with Gasteiger partial charge in [0.05, 0.1) is 27.8 Å². The van der Waals surface area contributed by atoms with E-state index in [2.05, 4.69) is 0 Å². The van der Waals surface area contributed by atoms with Gasteiger partial charge in [-0.05, 0) is 36.5 Å². The van der Waals surface area contributed by atoms with Crippen LogP contribution in [0.25, 0.3) is 0 Å². The first-order valence-corrected chi connectivity index (χ1v) is 7.77. The fraction of sp³-hybridized carbons (Fsp3) is 0.529. The first kappa shape index (κ1) is 17.9. The molecule has 0 spiro atoms. The molecule has 1 aromatic rings. The van der Waals surface area contributed by atoms with Crippen LogP contribution in [0.3, 0.4) is 0 Å². The maximum absolute atomic E-state index is 12.5. The third-order valence-electron chi connectivity index (χ3n) is 3.93. The fourth-order valence-corrected chi connectivity index (χ4v) is 2.55. The molecule has 1 aromatic carbocycles. The van der Waals surface area contributed by atoms with Gasteiger partial charge in [0.2, 0.25) is 11.7 Å². The molecule has 2 rings (SSSR count). The van der Waals surface area contributed by atoms with E-state index in [9.17, 15) is 9.59 Å². The molecule has 132 valence electrons. The highest BCUT2D eigenvalue weighted by atomic mass is 16.5. The van der Waals surface area contributed by atoms with Crippen LogP contribution in [0.15, 0.2) is 12.1 Å². The van der Waals surface area contributed by atoms with E-state index in [0.29, 0.717) is 35.3 Å². The van der Waals surface area contributed by atoms with Crippen molar-refractivity contribution in [1.82, 2.24) is 4.90 Å². The van der Waals surface area contributed by atoms with Gasteiger partial charge in [0.15, 0.2) is 11.5 Å². The molecule has 1 N–H and O–H groups in total. The third kappa shape index (κ3) is 4.53. The van der Waals surface area contributed by atoms with Crippen LogP contribution in [-0.4, -0.2) is 56.3 Å². The Morgan fingerprint density at radius 1 is 1.12 bits per heavy atom. The highest BCUT2D eigenvalue weighted by molar-refractivity contribution is 5.83. The molecule has 1 saturated carbocycles. The smallest absolute Gasteiger partial charge is 0.323 e. The summed E-state index contributed by atoms with van der Waals surface area (Å²) in [4.78, 5) is 24.9. The summed E-state index contributed by atoms with van der Waals surface area (Å²) in [7, 11) is 4.52.